The summed E-state index contributed by atoms with van der Waals surface area (Å²) in [6, 6.07) is 9.37. The molecule has 5 nitrogen and oxygen atoms in total. The van der Waals surface area contributed by atoms with Gasteiger partial charge in [-0.2, -0.15) is 0 Å². The molecule has 1 fully saturated rings. The Bertz CT molecular complexity index is 892. The number of para-hydroxylation sites is 1. The zero-order valence-corrected chi connectivity index (χ0v) is 13.0. The van der Waals surface area contributed by atoms with Crippen LogP contribution in [0.25, 0.3) is 11.0 Å². The standard InChI is InChI=1S/C17H14N2O3S/c20-15(18-10-5-6-10)12-7-8-23-17(12)19-16(21)13-9-22-14-4-2-1-3-11(13)14/h1-4,7-10H,5-6H2,(H,18,20)(H,19,21). The van der Waals surface area contributed by atoms with Crippen molar-refractivity contribution in [1.82, 2.24) is 5.32 Å². The maximum absolute atomic E-state index is 12.5. The minimum absolute atomic E-state index is 0.138. The van der Waals surface area contributed by atoms with Gasteiger partial charge in [0, 0.05) is 11.4 Å². The van der Waals surface area contributed by atoms with Gasteiger partial charge in [0.05, 0.1) is 11.1 Å². The Morgan fingerprint density at radius 2 is 1.91 bits per heavy atom. The number of amides is 2. The molecule has 23 heavy (non-hydrogen) atoms. The van der Waals surface area contributed by atoms with E-state index in [2.05, 4.69) is 10.6 Å². The van der Waals surface area contributed by atoms with E-state index in [-0.39, 0.29) is 17.9 Å². The molecule has 6 heteroatoms. The smallest absolute Gasteiger partial charge is 0.260 e. The fourth-order valence-electron chi connectivity index (χ4n) is 2.40. The molecule has 2 heterocycles. The van der Waals surface area contributed by atoms with Crippen molar-refractivity contribution in [3.63, 3.8) is 0 Å². The Balaban J connectivity index is 1.57. The molecule has 0 unspecified atom stereocenters. The molecule has 0 spiro atoms. The fraction of sp³-hybridized carbons (Fsp3) is 0.176. The molecule has 2 aromatic heterocycles. The molecule has 0 saturated heterocycles. The van der Waals surface area contributed by atoms with Gasteiger partial charge in [0.25, 0.3) is 11.8 Å². The highest BCUT2D eigenvalue weighted by atomic mass is 32.1. The van der Waals surface area contributed by atoms with E-state index < -0.39 is 0 Å². The van der Waals surface area contributed by atoms with Crippen molar-refractivity contribution in [3.8, 4) is 0 Å². The Morgan fingerprint density at radius 3 is 2.74 bits per heavy atom. The molecule has 0 radical (unpaired) electrons. The van der Waals surface area contributed by atoms with Crippen molar-refractivity contribution < 1.29 is 14.0 Å². The molecule has 0 bridgehead atoms. The molecule has 116 valence electrons. The Kier molecular flexibility index (Phi) is 3.38. The lowest BCUT2D eigenvalue weighted by Crippen LogP contribution is -2.26. The lowest BCUT2D eigenvalue weighted by molar-refractivity contribution is 0.0952. The molecule has 0 atom stereocenters. The summed E-state index contributed by atoms with van der Waals surface area (Å²) in [6.07, 6.45) is 3.49. The van der Waals surface area contributed by atoms with Crippen molar-refractivity contribution >= 4 is 39.1 Å². The highest BCUT2D eigenvalue weighted by Crippen LogP contribution is 2.27. The zero-order chi connectivity index (χ0) is 15.8. The number of anilines is 1. The minimum Gasteiger partial charge on any atom is -0.463 e. The Hall–Kier alpha value is -2.60. The van der Waals surface area contributed by atoms with Crippen LogP contribution in [0.1, 0.15) is 33.6 Å². The van der Waals surface area contributed by atoms with E-state index in [1.54, 1.807) is 11.4 Å². The maximum Gasteiger partial charge on any atom is 0.260 e. The van der Waals surface area contributed by atoms with E-state index >= 15 is 0 Å². The molecule has 1 aliphatic rings. The molecule has 1 saturated carbocycles. The van der Waals surface area contributed by atoms with Crippen molar-refractivity contribution in [3.05, 3.63) is 53.1 Å². The molecular weight excluding hydrogens is 312 g/mol. The molecule has 1 aromatic carbocycles. The fourth-order valence-corrected chi connectivity index (χ4v) is 3.18. The van der Waals surface area contributed by atoms with Crippen LogP contribution in [0.5, 0.6) is 0 Å². The molecule has 2 amide bonds. The predicted octanol–water partition coefficient (Wildman–Crippen LogP) is 3.64. The van der Waals surface area contributed by atoms with Crippen LogP contribution in [-0.4, -0.2) is 17.9 Å². The van der Waals surface area contributed by atoms with Gasteiger partial charge in [-0.25, -0.2) is 0 Å². The first-order chi connectivity index (χ1) is 11.2. The maximum atomic E-state index is 12.5. The van der Waals surface area contributed by atoms with Crippen LogP contribution >= 0.6 is 11.3 Å². The topological polar surface area (TPSA) is 71.3 Å². The lowest BCUT2D eigenvalue weighted by atomic mass is 10.1. The Labute approximate surface area is 136 Å². The van der Waals surface area contributed by atoms with Crippen LogP contribution in [0.15, 0.2) is 46.4 Å². The second kappa shape index (κ2) is 5.55. The zero-order valence-electron chi connectivity index (χ0n) is 12.2. The monoisotopic (exact) mass is 326 g/mol. The van der Waals surface area contributed by atoms with E-state index in [0.717, 1.165) is 18.2 Å². The SMILES string of the molecule is O=C(NC1CC1)c1ccsc1NC(=O)c1coc2ccccc12. The van der Waals surface area contributed by atoms with Crippen molar-refractivity contribution in [2.75, 3.05) is 5.32 Å². The summed E-state index contributed by atoms with van der Waals surface area (Å²) in [6.45, 7) is 0. The van der Waals surface area contributed by atoms with Crippen molar-refractivity contribution in [2.24, 2.45) is 0 Å². The summed E-state index contributed by atoms with van der Waals surface area (Å²) in [7, 11) is 0. The van der Waals surface area contributed by atoms with Gasteiger partial charge in [0.1, 0.15) is 16.8 Å². The van der Waals surface area contributed by atoms with Gasteiger partial charge in [-0.15, -0.1) is 11.3 Å². The van der Waals surface area contributed by atoms with E-state index in [1.165, 1.54) is 17.6 Å². The first-order valence-corrected chi connectivity index (χ1v) is 8.26. The van der Waals surface area contributed by atoms with Gasteiger partial charge in [0.15, 0.2) is 0 Å². The highest BCUT2D eigenvalue weighted by molar-refractivity contribution is 7.14. The van der Waals surface area contributed by atoms with Crippen LogP contribution in [0.4, 0.5) is 5.00 Å². The van der Waals surface area contributed by atoms with Crippen LogP contribution in [0.2, 0.25) is 0 Å². The number of rotatable bonds is 4. The average molecular weight is 326 g/mol. The summed E-state index contributed by atoms with van der Waals surface area (Å²) < 4.78 is 5.39. The highest BCUT2D eigenvalue weighted by Gasteiger charge is 2.26. The first kappa shape index (κ1) is 14.0. The van der Waals surface area contributed by atoms with E-state index in [1.807, 2.05) is 24.3 Å². The number of thiophene rings is 1. The second-order valence-electron chi connectivity index (χ2n) is 5.51. The molecule has 0 aliphatic heterocycles. The van der Waals surface area contributed by atoms with Crippen molar-refractivity contribution in [1.29, 1.82) is 0 Å². The average Bonchev–Trinajstić information content (AvgIpc) is 3.09. The number of furan rings is 1. The van der Waals surface area contributed by atoms with E-state index in [9.17, 15) is 9.59 Å². The first-order valence-electron chi connectivity index (χ1n) is 7.38. The largest absolute Gasteiger partial charge is 0.463 e. The van der Waals surface area contributed by atoms with Crippen molar-refractivity contribution in [2.45, 2.75) is 18.9 Å². The normalized spacial score (nSPS) is 13.9. The number of hydrogen-bond donors (Lipinski definition) is 2. The minimum atomic E-state index is -0.280. The molecule has 4 rings (SSSR count). The van der Waals surface area contributed by atoms with Gasteiger partial charge in [-0.1, -0.05) is 18.2 Å². The summed E-state index contributed by atoms with van der Waals surface area (Å²) in [5.74, 6) is -0.418. The third-order valence-corrected chi connectivity index (χ3v) is 4.60. The molecular formula is C17H14N2O3S. The molecule has 2 N–H and O–H groups in total. The summed E-state index contributed by atoms with van der Waals surface area (Å²) >= 11 is 1.33. The van der Waals surface area contributed by atoms with Gasteiger partial charge in [0.2, 0.25) is 0 Å². The molecule has 1 aliphatic carbocycles. The van der Waals surface area contributed by atoms with E-state index in [0.29, 0.717) is 21.7 Å². The number of carbonyl (C=O) groups is 2. The predicted molar refractivity (Wildman–Crippen MR) is 89.0 cm³/mol. The number of nitrogens with one attached hydrogen (secondary N) is 2. The number of hydrogen-bond acceptors (Lipinski definition) is 4. The second-order valence-corrected chi connectivity index (χ2v) is 6.43. The summed E-state index contributed by atoms with van der Waals surface area (Å²) in [5.41, 5.74) is 1.63. The number of benzene rings is 1. The van der Waals surface area contributed by atoms with Crippen LogP contribution < -0.4 is 10.6 Å². The molecule has 3 aromatic rings. The number of carbonyl (C=O) groups excluding carboxylic acids is 2. The number of fused-ring (bicyclic) bond motifs is 1. The van der Waals surface area contributed by atoms with Crippen LogP contribution in [0, 0.1) is 0 Å². The van der Waals surface area contributed by atoms with Gasteiger partial charge < -0.3 is 15.1 Å². The summed E-state index contributed by atoms with van der Waals surface area (Å²) in [4.78, 5) is 24.7. The third-order valence-electron chi connectivity index (χ3n) is 3.78. The van der Waals surface area contributed by atoms with Gasteiger partial charge >= 0.3 is 0 Å². The summed E-state index contributed by atoms with van der Waals surface area (Å²) in [5, 5.41) is 8.86. The van der Waals surface area contributed by atoms with Gasteiger partial charge in [-0.3, -0.25) is 9.59 Å². The van der Waals surface area contributed by atoms with Gasteiger partial charge in [-0.05, 0) is 30.4 Å². The lowest BCUT2D eigenvalue weighted by Gasteiger charge is -2.06. The third kappa shape index (κ3) is 2.73. The van der Waals surface area contributed by atoms with Crippen LogP contribution in [-0.2, 0) is 0 Å². The quantitative estimate of drug-likeness (QED) is 0.769. The van der Waals surface area contributed by atoms with E-state index in [4.69, 9.17) is 4.42 Å². The van der Waals surface area contributed by atoms with Crippen LogP contribution in [0.3, 0.4) is 0 Å². The Morgan fingerprint density at radius 1 is 1.09 bits per heavy atom.